The molecule has 0 aliphatic rings. The molecule has 20 heavy (non-hydrogen) atoms. The molecule has 106 valence electrons. The normalized spacial score (nSPS) is 10.3. The zero-order chi connectivity index (χ0) is 14.7. The molecular weight excluding hydrogens is 269 g/mol. The summed E-state index contributed by atoms with van der Waals surface area (Å²) in [4.78, 5) is 10.1. The van der Waals surface area contributed by atoms with Gasteiger partial charge in [0.1, 0.15) is 6.33 Å². The van der Waals surface area contributed by atoms with E-state index in [1.807, 2.05) is 0 Å². The molecule has 9 heteroatoms. The van der Waals surface area contributed by atoms with E-state index in [4.69, 9.17) is 4.74 Å². The Kier molecular flexibility index (Phi) is 3.78. The van der Waals surface area contributed by atoms with Crippen LogP contribution in [-0.4, -0.2) is 26.8 Å². The molecule has 0 aliphatic heterocycles. The van der Waals surface area contributed by atoms with Crippen LogP contribution in [0.4, 0.5) is 15.8 Å². The molecule has 0 saturated heterocycles. The summed E-state index contributed by atoms with van der Waals surface area (Å²) in [6.45, 7) is 0.231. The Hall–Kier alpha value is -2.71. The SMILES string of the molecule is COc1cc(NCc2nncn2C)c(F)cc1[N+](=O)[O-]. The van der Waals surface area contributed by atoms with E-state index in [0.29, 0.717) is 5.82 Å². The van der Waals surface area contributed by atoms with Crippen LogP contribution in [0, 0.1) is 15.9 Å². The molecule has 0 unspecified atom stereocenters. The lowest BCUT2D eigenvalue weighted by molar-refractivity contribution is -0.385. The van der Waals surface area contributed by atoms with Gasteiger partial charge in [-0.3, -0.25) is 10.1 Å². The average Bonchev–Trinajstić information content (AvgIpc) is 2.82. The van der Waals surface area contributed by atoms with E-state index in [1.165, 1.54) is 19.5 Å². The smallest absolute Gasteiger partial charge is 0.313 e. The van der Waals surface area contributed by atoms with Gasteiger partial charge in [0.05, 0.1) is 30.3 Å². The number of nitro groups is 1. The Morgan fingerprint density at radius 3 is 2.85 bits per heavy atom. The molecule has 0 radical (unpaired) electrons. The fourth-order valence-electron chi connectivity index (χ4n) is 1.63. The van der Waals surface area contributed by atoms with Crippen molar-refractivity contribution in [2.45, 2.75) is 6.54 Å². The number of methoxy groups -OCH3 is 1. The minimum Gasteiger partial charge on any atom is -0.490 e. The van der Waals surface area contributed by atoms with Gasteiger partial charge >= 0.3 is 5.69 Å². The maximum atomic E-state index is 13.8. The summed E-state index contributed by atoms with van der Waals surface area (Å²) in [6.07, 6.45) is 1.52. The molecule has 2 aromatic rings. The number of benzene rings is 1. The number of aryl methyl sites for hydroxylation is 1. The fourth-order valence-corrected chi connectivity index (χ4v) is 1.63. The van der Waals surface area contributed by atoms with Crippen molar-refractivity contribution < 1.29 is 14.1 Å². The molecule has 8 nitrogen and oxygen atoms in total. The van der Waals surface area contributed by atoms with Gasteiger partial charge in [0.15, 0.2) is 17.4 Å². The van der Waals surface area contributed by atoms with Crippen molar-refractivity contribution in [3.63, 3.8) is 0 Å². The standard InChI is InChI=1S/C11H12FN5O3/c1-16-6-14-15-11(16)5-13-8-4-10(20-2)9(17(18)19)3-7(8)12/h3-4,6,13H,5H2,1-2H3. The Morgan fingerprint density at radius 2 is 2.30 bits per heavy atom. The number of rotatable bonds is 5. The van der Waals surface area contributed by atoms with Gasteiger partial charge in [-0.25, -0.2) is 4.39 Å². The second-order valence-electron chi connectivity index (χ2n) is 3.97. The van der Waals surface area contributed by atoms with Crippen LogP contribution in [0.2, 0.25) is 0 Å². The largest absolute Gasteiger partial charge is 0.490 e. The lowest BCUT2D eigenvalue weighted by Gasteiger charge is -2.09. The van der Waals surface area contributed by atoms with Crippen LogP contribution < -0.4 is 10.1 Å². The van der Waals surface area contributed by atoms with Gasteiger partial charge in [-0.1, -0.05) is 0 Å². The Labute approximate surface area is 113 Å². The maximum absolute atomic E-state index is 13.8. The van der Waals surface area contributed by atoms with Crippen molar-refractivity contribution in [3.05, 3.63) is 40.2 Å². The number of anilines is 1. The van der Waals surface area contributed by atoms with Gasteiger partial charge in [-0.05, 0) is 0 Å². The molecular formula is C11H12FN5O3. The molecule has 0 fully saturated rings. The zero-order valence-electron chi connectivity index (χ0n) is 10.8. The first-order valence-electron chi connectivity index (χ1n) is 5.61. The molecule has 0 atom stereocenters. The number of aromatic nitrogens is 3. The predicted molar refractivity (Wildman–Crippen MR) is 67.9 cm³/mol. The highest BCUT2D eigenvalue weighted by molar-refractivity contribution is 5.59. The van der Waals surface area contributed by atoms with Gasteiger partial charge in [0.25, 0.3) is 0 Å². The number of ether oxygens (including phenoxy) is 1. The van der Waals surface area contributed by atoms with Crippen molar-refractivity contribution in [3.8, 4) is 5.75 Å². The van der Waals surface area contributed by atoms with Crippen molar-refractivity contribution in [1.82, 2.24) is 14.8 Å². The van der Waals surface area contributed by atoms with Crippen molar-refractivity contribution in [1.29, 1.82) is 0 Å². The minimum absolute atomic E-state index is 0.0168. The lowest BCUT2D eigenvalue weighted by Crippen LogP contribution is -2.07. The first-order chi connectivity index (χ1) is 9.52. The molecule has 0 aliphatic carbocycles. The van der Waals surface area contributed by atoms with E-state index in [-0.39, 0.29) is 18.0 Å². The summed E-state index contributed by atoms with van der Waals surface area (Å²) in [6, 6.07) is 2.06. The summed E-state index contributed by atoms with van der Waals surface area (Å²) in [5, 5.41) is 21.1. The van der Waals surface area contributed by atoms with Crippen molar-refractivity contribution >= 4 is 11.4 Å². The molecule has 1 aromatic carbocycles. The number of nitro benzene ring substituents is 1. The Morgan fingerprint density at radius 1 is 1.55 bits per heavy atom. The minimum atomic E-state index is -0.736. The monoisotopic (exact) mass is 281 g/mol. The van der Waals surface area contributed by atoms with Crippen LogP contribution in [0.5, 0.6) is 5.75 Å². The predicted octanol–water partition coefficient (Wildman–Crippen LogP) is 1.48. The molecule has 1 N–H and O–H groups in total. The van der Waals surface area contributed by atoms with Crippen LogP contribution >= 0.6 is 0 Å². The summed E-state index contributed by atoms with van der Waals surface area (Å²) >= 11 is 0. The zero-order valence-corrected chi connectivity index (χ0v) is 10.8. The van der Waals surface area contributed by atoms with Crippen molar-refractivity contribution in [2.24, 2.45) is 7.05 Å². The molecule has 0 saturated carbocycles. The second-order valence-corrected chi connectivity index (χ2v) is 3.97. The highest BCUT2D eigenvalue weighted by Crippen LogP contribution is 2.32. The van der Waals surface area contributed by atoms with Gasteiger partial charge in [-0.15, -0.1) is 10.2 Å². The van der Waals surface area contributed by atoms with Crippen LogP contribution in [0.1, 0.15) is 5.82 Å². The Balaban J connectivity index is 2.24. The van der Waals surface area contributed by atoms with Crippen LogP contribution in [0.25, 0.3) is 0 Å². The van der Waals surface area contributed by atoms with Crippen LogP contribution in [0.3, 0.4) is 0 Å². The number of halogens is 1. The molecule has 1 heterocycles. The maximum Gasteiger partial charge on any atom is 0.313 e. The first kappa shape index (κ1) is 13.7. The third-order valence-electron chi connectivity index (χ3n) is 2.71. The lowest BCUT2D eigenvalue weighted by atomic mass is 10.2. The molecule has 1 aromatic heterocycles. The van der Waals surface area contributed by atoms with E-state index in [9.17, 15) is 14.5 Å². The fraction of sp³-hybridized carbons (Fsp3) is 0.273. The van der Waals surface area contributed by atoms with Gasteiger partial charge < -0.3 is 14.6 Å². The average molecular weight is 281 g/mol. The summed E-state index contributed by atoms with van der Waals surface area (Å²) in [5.41, 5.74) is -0.329. The van der Waals surface area contributed by atoms with E-state index in [0.717, 1.165) is 6.07 Å². The van der Waals surface area contributed by atoms with Gasteiger partial charge in [-0.2, -0.15) is 0 Å². The second kappa shape index (κ2) is 5.51. The number of hydrogen-bond acceptors (Lipinski definition) is 6. The third kappa shape index (κ3) is 2.66. The third-order valence-corrected chi connectivity index (χ3v) is 2.71. The highest BCUT2D eigenvalue weighted by atomic mass is 19.1. The van der Waals surface area contributed by atoms with E-state index >= 15 is 0 Å². The summed E-state index contributed by atoms with van der Waals surface area (Å²) in [7, 11) is 3.04. The Bertz CT molecular complexity index is 643. The van der Waals surface area contributed by atoms with E-state index < -0.39 is 16.4 Å². The molecule has 0 amide bonds. The number of hydrogen-bond donors (Lipinski definition) is 1. The summed E-state index contributed by atoms with van der Waals surface area (Å²) in [5.74, 6) is -0.154. The summed E-state index contributed by atoms with van der Waals surface area (Å²) < 4.78 is 20.3. The van der Waals surface area contributed by atoms with Crippen LogP contribution in [-0.2, 0) is 13.6 Å². The number of nitrogens with zero attached hydrogens (tertiary/aromatic N) is 4. The topological polar surface area (TPSA) is 95.1 Å². The molecule has 0 spiro atoms. The van der Waals surface area contributed by atoms with Crippen molar-refractivity contribution in [2.75, 3.05) is 12.4 Å². The number of nitrogens with one attached hydrogen (secondary N) is 1. The van der Waals surface area contributed by atoms with Crippen LogP contribution in [0.15, 0.2) is 18.5 Å². The quantitative estimate of drug-likeness (QED) is 0.659. The highest BCUT2D eigenvalue weighted by Gasteiger charge is 2.19. The molecule has 2 rings (SSSR count). The molecule has 0 bridgehead atoms. The van der Waals surface area contributed by atoms with E-state index in [2.05, 4.69) is 15.5 Å². The van der Waals surface area contributed by atoms with Gasteiger partial charge in [0.2, 0.25) is 0 Å². The van der Waals surface area contributed by atoms with Gasteiger partial charge in [0, 0.05) is 13.1 Å². The first-order valence-corrected chi connectivity index (χ1v) is 5.61. The van der Waals surface area contributed by atoms with E-state index in [1.54, 1.807) is 11.6 Å².